The first-order valence-electron chi connectivity index (χ1n) is 7.09. The first-order valence-corrected chi connectivity index (χ1v) is 7.09. The zero-order valence-electron chi connectivity index (χ0n) is 11.3. The van der Waals surface area contributed by atoms with Crippen molar-refractivity contribution in [3.8, 4) is 0 Å². The van der Waals surface area contributed by atoms with Gasteiger partial charge in [0.15, 0.2) is 0 Å². The van der Waals surface area contributed by atoms with E-state index in [9.17, 15) is 5.11 Å². The fraction of sp³-hybridized carbons (Fsp3) is 0.533. The summed E-state index contributed by atoms with van der Waals surface area (Å²) in [7, 11) is 0. The highest BCUT2D eigenvalue weighted by Crippen LogP contribution is 2.30. The summed E-state index contributed by atoms with van der Waals surface area (Å²) in [6.45, 7) is 2.73. The quantitative estimate of drug-likeness (QED) is 0.833. The minimum absolute atomic E-state index is 0.546. The molecule has 1 unspecified atom stereocenters. The molecule has 0 spiro atoms. The molecule has 0 saturated heterocycles. The van der Waals surface area contributed by atoms with Crippen LogP contribution >= 0.6 is 0 Å². The summed E-state index contributed by atoms with van der Waals surface area (Å²) in [5.41, 5.74) is 8.49. The van der Waals surface area contributed by atoms with Crippen LogP contribution in [0.2, 0.25) is 0 Å². The molecule has 3 rings (SSSR count). The van der Waals surface area contributed by atoms with Crippen LogP contribution in [0, 0.1) is 5.92 Å². The molecule has 1 aliphatic rings. The van der Waals surface area contributed by atoms with Crippen molar-refractivity contribution in [3.63, 3.8) is 0 Å². The average Bonchev–Trinajstić information content (AvgIpc) is 2.97. The van der Waals surface area contributed by atoms with Crippen molar-refractivity contribution in [3.05, 3.63) is 24.0 Å². The minimum atomic E-state index is -0.546. The SMILES string of the molecule is CC(O)c1nc2cc(N)ccc2n1CC1CCCC1. The van der Waals surface area contributed by atoms with Crippen LogP contribution in [0.15, 0.2) is 18.2 Å². The Morgan fingerprint density at radius 2 is 2.16 bits per heavy atom. The second kappa shape index (κ2) is 4.85. The molecule has 2 aromatic rings. The Morgan fingerprint density at radius 1 is 1.42 bits per heavy atom. The van der Waals surface area contributed by atoms with Gasteiger partial charge in [-0.15, -0.1) is 0 Å². The van der Waals surface area contributed by atoms with Gasteiger partial charge in [0.2, 0.25) is 0 Å². The largest absolute Gasteiger partial charge is 0.399 e. The Balaban J connectivity index is 2.05. The van der Waals surface area contributed by atoms with Crippen LogP contribution in [-0.4, -0.2) is 14.7 Å². The summed E-state index contributed by atoms with van der Waals surface area (Å²) in [5, 5.41) is 9.93. The van der Waals surface area contributed by atoms with E-state index in [1.165, 1.54) is 25.7 Å². The fourth-order valence-corrected chi connectivity index (χ4v) is 3.13. The van der Waals surface area contributed by atoms with Crippen molar-refractivity contribution in [1.82, 2.24) is 9.55 Å². The maximum atomic E-state index is 9.93. The van der Waals surface area contributed by atoms with Gasteiger partial charge >= 0.3 is 0 Å². The minimum Gasteiger partial charge on any atom is -0.399 e. The van der Waals surface area contributed by atoms with Crippen LogP contribution in [0.5, 0.6) is 0 Å². The molecular weight excluding hydrogens is 238 g/mol. The zero-order chi connectivity index (χ0) is 13.4. The van der Waals surface area contributed by atoms with Gasteiger partial charge in [0.25, 0.3) is 0 Å². The summed E-state index contributed by atoms with van der Waals surface area (Å²) in [6, 6.07) is 5.80. The molecule has 102 valence electrons. The lowest BCUT2D eigenvalue weighted by Gasteiger charge is -2.15. The Bertz CT molecular complexity index is 582. The van der Waals surface area contributed by atoms with Gasteiger partial charge in [-0.2, -0.15) is 0 Å². The molecule has 1 saturated carbocycles. The highest BCUT2D eigenvalue weighted by molar-refractivity contribution is 5.79. The van der Waals surface area contributed by atoms with E-state index in [1.54, 1.807) is 6.92 Å². The Morgan fingerprint density at radius 3 is 2.84 bits per heavy atom. The Hall–Kier alpha value is -1.55. The highest BCUT2D eigenvalue weighted by atomic mass is 16.3. The monoisotopic (exact) mass is 259 g/mol. The molecular formula is C15H21N3O. The fourth-order valence-electron chi connectivity index (χ4n) is 3.13. The third-order valence-corrected chi connectivity index (χ3v) is 4.09. The number of rotatable bonds is 3. The molecule has 1 aliphatic carbocycles. The van der Waals surface area contributed by atoms with E-state index in [0.717, 1.165) is 29.1 Å². The van der Waals surface area contributed by atoms with Crippen molar-refractivity contribution in [1.29, 1.82) is 0 Å². The maximum absolute atomic E-state index is 9.93. The number of hydrogen-bond acceptors (Lipinski definition) is 3. The second-order valence-corrected chi connectivity index (χ2v) is 5.66. The van der Waals surface area contributed by atoms with Gasteiger partial charge in [-0.05, 0) is 43.9 Å². The molecule has 1 aromatic carbocycles. The lowest BCUT2D eigenvalue weighted by molar-refractivity contribution is 0.182. The van der Waals surface area contributed by atoms with Crippen molar-refractivity contribution >= 4 is 16.7 Å². The summed E-state index contributed by atoms with van der Waals surface area (Å²) in [4.78, 5) is 4.55. The van der Waals surface area contributed by atoms with E-state index >= 15 is 0 Å². The standard InChI is InChI=1S/C15H21N3O/c1-10(19)15-17-13-8-12(16)6-7-14(13)18(15)9-11-4-2-3-5-11/h6-8,10-11,19H,2-5,9,16H2,1H3. The molecule has 1 fully saturated rings. The molecule has 4 nitrogen and oxygen atoms in total. The first-order chi connectivity index (χ1) is 9.15. The van der Waals surface area contributed by atoms with E-state index in [4.69, 9.17) is 5.73 Å². The predicted molar refractivity (Wildman–Crippen MR) is 76.7 cm³/mol. The lowest BCUT2D eigenvalue weighted by atomic mass is 10.1. The van der Waals surface area contributed by atoms with Gasteiger partial charge in [-0.1, -0.05) is 12.8 Å². The van der Waals surface area contributed by atoms with Crippen LogP contribution in [0.1, 0.15) is 44.5 Å². The number of nitrogen functional groups attached to an aromatic ring is 1. The van der Waals surface area contributed by atoms with E-state index in [2.05, 4.69) is 9.55 Å². The van der Waals surface area contributed by atoms with Crippen LogP contribution < -0.4 is 5.73 Å². The number of nitrogens with two attached hydrogens (primary N) is 1. The molecule has 1 atom stereocenters. The molecule has 1 aromatic heterocycles. The normalized spacial score (nSPS) is 18.2. The lowest BCUT2D eigenvalue weighted by Crippen LogP contribution is -2.12. The summed E-state index contributed by atoms with van der Waals surface area (Å²) in [5.74, 6) is 1.47. The van der Waals surface area contributed by atoms with E-state index < -0.39 is 6.10 Å². The third-order valence-electron chi connectivity index (χ3n) is 4.09. The molecule has 0 radical (unpaired) electrons. The van der Waals surface area contributed by atoms with Gasteiger partial charge in [0.1, 0.15) is 11.9 Å². The zero-order valence-corrected chi connectivity index (χ0v) is 11.3. The van der Waals surface area contributed by atoms with Crippen LogP contribution in [-0.2, 0) is 6.54 Å². The van der Waals surface area contributed by atoms with Gasteiger partial charge in [-0.25, -0.2) is 4.98 Å². The molecule has 0 aliphatic heterocycles. The molecule has 1 heterocycles. The predicted octanol–water partition coefficient (Wildman–Crippen LogP) is 2.86. The summed E-state index contributed by atoms with van der Waals surface area (Å²) < 4.78 is 2.18. The number of imidazole rings is 1. The second-order valence-electron chi connectivity index (χ2n) is 5.66. The number of nitrogens with zero attached hydrogens (tertiary/aromatic N) is 2. The Labute approximate surface area is 113 Å². The van der Waals surface area contributed by atoms with Crippen molar-refractivity contribution in [2.24, 2.45) is 5.92 Å². The molecule has 0 bridgehead atoms. The molecule has 0 amide bonds. The highest BCUT2D eigenvalue weighted by Gasteiger charge is 2.20. The number of benzene rings is 1. The van der Waals surface area contributed by atoms with E-state index in [1.807, 2.05) is 18.2 Å². The topological polar surface area (TPSA) is 64.1 Å². The number of aromatic nitrogens is 2. The summed E-state index contributed by atoms with van der Waals surface area (Å²) >= 11 is 0. The van der Waals surface area contributed by atoms with Crippen molar-refractivity contribution in [2.45, 2.75) is 45.3 Å². The summed E-state index contributed by atoms with van der Waals surface area (Å²) in [6.07, 6.45) is 4.68. The average molecular weight is 259 g/mol. The van der Waals surface area contributed by atoms with E-state index in [0.29, 0.717) is 5.92 Å². The number of anilines is 1. The Kier molecular flexibility index (Phi) is 3.19. The number of aliphatic hydroxyl groups excluding tert-OH is 1. The number of fused-ring (bicyclic) bond motifs is 1. The van der Waals surface area contributed by atoms with Crippen LogP contribution in [0.4, 0.5) is 5.69 Å². The van der Waals surface area contributed by atoms with Gasteiger partial charge < -0.3 is 15.4 Å². The molecule has 4 heteroatoms. The third kappa shape index (κ3) is 2.32. The van der Waals surface area contributed by atoms with Gasteiger partial charge in [0.05, 0.1) is 11.0 Å². The van der Waals surface area contributed by atoms with Crippen LogP contribution in [0.3, 0.4) is 0 Å². The smallest absolute Gasteiger partial charge is 0.138 e. The van der Waals surface area contributed by atoms with Crippen LogP contribution in [0.25, 0.3) is 11.0 Å². The van der Waals surface area contributed by atoms with Crippen molar-refractivity contribution < 1.29 is 5.11 Å². The number of hydrogen-bond donors (Lipinski definition) is 2. The van der Waals surface area contributed by atoms with Gasteiger partial charge in [-0.3, -0.25) is 0 Å². The molecule has 3 N–H and O–H groups in total. The van der Waals surface area contributed by atoms with Gasteiger partial charge in [0, 0.05) is 12.2 Å². The first kappa shape index (κ1) is 12.5. The van der Waals surface area contributed by atoms with E-state index in [-0.39, 0.29) is 0 Å². The maximum Gasteiger partial charge on any atom is 0.138 e. The number of aliphatic hydroxyl groups is 1. The van der Waals surface area contributed by atoms with Crippen molar-refractivity contribution in [2.75, 3.05) is 5.73 Å². The molecule has 19 heavy (non-hydrogen) atoms.